The van der Waals surface area contributed by atoms with Crippen molar-refractivity contribution in [1.82, 2.24) is 4.98 Å². The normalized spacial score (nSPS) is 14.0. The van der Waals surface area contributed by atoms with Crippen LogP contribution < -0.4 is 9.64 Å². The number of carbonyl (C=O) groups is 1. The smallest absolute Gasteiger partial charge is 0.335 e. The van der Waals surface area contributed by atoms with Crippen molar-refractivity contribution in [2.24, 2.45) is 0 Å². The van der Waals surface area contributed by atoms with Crippen LogP contribution in [0.15, 0.2) is 78.2 Å². The number of benzene rings is 3. The Balaban J connectivity index is 1.22. The number of aromatic carboxylic acids is 1. The van der Waals surface area contributed by atoms with Crippen LogP contribution in [0.25, 0.3) is 11.3 Å². The van der Waals surface area contributed by atoms with Gasteiger partial charge >= 0.3 is 5.97 Å². The van der Waals surface area contributed by atoms with Crippen molar-refractivity contribution in [1.29, 1.82) is 0 Å². The van der Waals surface area contributed by atoms with E-state index in [4.69, 9.17) is 9.72 Å². The van der Waals surface area contributed by atoms with Gasteiger partial charge in [-0.15, -0.1) is 11.3 Å². The van der Waals surface area contributed by atoms with Crippen LogP contribution in [0, 0.1) is 0 Å². The summed E-state index contributed by atoms with van der Waals surface area (Å²) < 4.78 is 6.06. The Labute approximate surface area is 228 Å². The lowest BCUT2D eigenvalue weighted by atomic mass is 9.84. The molecule has 0 bridgehead atoms. The van der Waals surface area contributed by atoms with E-state index in [1.165, 1.54) is 43.2 Å². The lowest BCUT2D eigenvalue weighted by molar-refractivity contribution is 0.0697. The highest BCUT2D eigenvalue weighted by Crippen LogP contribution is 2.35. The zero-order valence-electron chi connectivity index (χ0n) is 22.0. The first-order valence-electron chi connectivity index (χ1n) is 13.4. The van der Waals surface area contributed by atoms with E-state index in [9.17, 15) is 9.90 Å². The Hall–Kier alpha value is -3.64. The Bertz CT molecular complexity index is 1340. The third kappa shape index (κ3) is 6.08. The number of aromatic nitrogens is 1. The molecule has 38 heavy (non-hydrogen) atoms. The summed E-state index contributed by atoms with van der Waals surface area (Å²) in [6.45, 7) is 4.75. The number of rotatable bonds is 9. The molecule has 0 radical (unpaired) electrons. The molecule has 0 atom stereocenters. The van der Waals surface area contributed by atoms with Crippen LogP contribution >= 0.6 is 11.3 Å². The lowest BCUT2D eigenvalue weighted by Gasteiger charge is -2.26. The Morgan fingerprint density at radius 1 is 0.974 bits per heavy atom. The van der Waals surface area contributed by atoms with Crippen molar-refractivity contribution in [3.05, 3.63) is 94.9 Å². The van der Waals surface area contributed by atoms with Gasteiger partial charge in [0.15, 0.2) is 5.13 Å². The minimum atomic E-state index is -0.927. The molecule has 1 fully saturated rings. The first kappa shape index (κ1) is 26.0. The maximum Gasteiger partial charge on any atom is 0.335 e. The summed E-state index contributed by atoms with van der Waals surface area (Å²) >= 11 is 1.58. The summed E-state index contributed by atoms with van der Waals surface area (Å²) in [5.74, 6) is 0.634. The minimum absolute atomic E-state index is 0.164. The van der Waals surface area contributed by atoms with E-state index < -0.39 is 5.97 Å². The van der Waals surface area contributed by atoms with Gasteiger partial charge in [0.2, 0.25) is 0 Å². The molecule has 0 aliphatic heterocycles. The summed E-state index contributed by atoms with van der Waals surface area (Å²) in [5, 5.41) is 12.1. The molecule has 1 aromatic heterocycles. The topological polar surface area (TPSA) is 62.7 Å². The van der Waals surface area contributed by atoms with Crippen molar-refractivity contribution < 1.29 is 14.6 Å². The van der Waals surface area contributed by atoms with E-state index in [0.717, 1.165) is 33.7 Å². The van der Waals surface area contributed by atoms with Crippen molar-refractivity contribution in [3.8, 4) is 17.0 Å². The average Bonchev–Trinajstić information content (AvgIpc) is 3.43. The molecular weight excluding hydrogens is 492 g/mol. The van der Waals surface area contributed by atoms with E-state index in [1.54, 1.807) is 23.5 Å². The van der Waals surface area contributed by atoms with Gasteiger partial charge in [0, 0.05) is 22.7 Å². The van der Waals surface area contributed by atoms with Gasteiger partial charge in [-0.3, -0.25) is 0 Å². The maximum atomic E-state index is 11.2. The van der Waals surface area contributed by atoms with Gasteiger partial charge in [0.25, 0.3) is 0 Å². The summed E-state index contributed by atoms with van der Waals surface area (Å²) in [7, 11) is 0. The standard InChI is InChI=1S/C32H34N2O3S/c1-22(2)34(28-16-12-27(13-17-28)31(35)36)32-33-30(21-38-32)26-14-18-29(19-15-26)37-20-23-8-10-25(11-9-23)24-6-4-3-5-7-24/h8-19,21-22,24H,3-7,20H2,1-2H3,(H,35,36). The molecule has 1 N–H and O–H groups in total. The van der Waals surface area contributed by atoms with Crippen LogP contribution in [0.2, 0.25) is 0 Å². The molecule has 3 aromatic carbocycles. The second-order valence-electron chi connectivity index (χ2n) is 10.2. The fourth-order valence-corrected chi connectivity index (χ4v) is 6.10. The second-order valence-corrected chi connectivity index (χ2v) is 11.1. The van der Waals surface area contributed by atoms with Crippen LogP contribution in [0.4, 0.5) is 10.8 Å². The number of carboxylic acids is 1. The zero-order valence-corrected chi connectivity index (χ0v) is 22.8. The van der Waals surface area contributed by atoms with Gasteiger partial charge in [0.1, 0.15) is 12.4 Å². The van der Waals surface area contributed by atoms with E-state index in [0.29, 0.717) is 6.61 Å². The highest BCUT2D eigenvalue weighted by Gasteiger charge is 2.18. The molecule has 0 saturated heterocycles. The first-order chi connectivity index (χ1) is 18.5. The molecule has 5 rings (SSSR count). The van der Waals surface area contributed by atoms with Gasteiger partial charge in [-0.2, -0.15) is 0 Å². The number of anilines is 2. The number of hydrogen-bond donors (Lipinski definition) is 1. The van der Waals surface area contributed by atoms with E-state index in [1.807, 2.05) is 36.4 Å². The van der Waals surface area contributed by atoms with Crippen LogP contribution in [0.3, 0.4) is 0 Å². The minimum Gasteiger partial charge on any atom is -0.489 e. The van der Waals surface area contributed by atoms with Gasteiger partial charge < -0.3 is 14.7 Å². The Kier molecular flexibility index (Phi) is 8.08. The number of carboxylic acid groups (broad SMARTS) is 1. The SMILES string of the molecule is CC(C)N(c1ccc(C(=O)O)cc1)c1nc(-c2ccc(OCc3ccc(C4CCCCC4)cc3)cc2)cs1. The predicted octanol–water partition coefficient (Wildman–Crippen LogP) is 8.68. The molecule has 0 amide bonds. The van der Waals surface area contributed by atoms with Crippen LogP contribution in [0.5, 0.6) is 5.75 Å². The van der Waals surface area contributed by atoms with Crippen molar-refractivity contribution in [3.63, 3.8) is 0 Å². The largest absolute Gasteiger partial charge is 0.489 e. The fourth-order valence-electron chi connectivity index (χ4n) is 5.11. The molecular formula is C32H34N2O3S. The summed E-state index contributed by atoms with van der Waals surface area (Å²) in [6.07, 6.45) is 6.72. The van der Waals surface area contributed by atoms with E-state index >= 15 is 0 Å². The lowest BCUT2D eigenvalue weighted by Crippen LogP contribution is -2.25. The highest BCUT2D eigenvalue weighted by molar-refractivity contribution is 7.14. The molecule has 6 heteroatoms. The first-order valence-corrected chi connectivity index (χ1v) is 14.3. The quantitative estimate of drug-likeness (QED) is 0.236. The molecule has 4 aromatic rings. The summed E-state index contributed by atoms with van der Waals surface area (Å²) in [6, 6.07) is 24.1. The van der Waals surface area contributed by atoms with Crippen LogP contribution in [-0.4, -0.2) is 22.1 Å². The summed E-state index contributed by atoms with van der Waals surface area (Å²) in [5.41, 5.74) is 5.78. The average molecular weight is 527 g/mol. The third-order valence-corrected chi connectivity index (χ3v) is 8.06. The molecule has 196 valence electrons. The van der Waals surface area contributed by atoms with Gasteiger partial charge in [-0.05, 0) is 92.3 Å². The van der Waals surface area contributed by atoms with Gasteiger partial charge in [-0.25, -0.2) is 9.78 Å². The highest BCUT2D eigenvalue weighted by atomic mass is 32.1. The molecule has 0 spiro atoms. The van der Waals surface area contributed by atoms with Crippen LogP contribution in [-0.2, 0) is 6.61 Å². The fraction of sp³-hybridized carbons (Fsp3) is 0.312. The van der Waals surface area contributed by atoms with Crippen LogP contribution in [0.1, 0.15) is 73.4 Å². The van der Waals surface area contributed by atoms with Crippen molar-refractivity contribution in [2.75, 3.05) is 4.90 Å². The molecule has 1 heterocycles. The number of hydrogen-bond acceptors (Lipinski definition) is 5. The maximum absolute atomic E-state index is 11.2. The molecule has 1 aliphatic carbocycles. The van der Waals surface area contributed by atoms with E-state index in [-0.39, 0.29) is 11.6 Å². The van der Waals surface area contributed by atoms with Crippen molar-refractivity contribution in [2.45, 2.75) is 64.5 Å². The van der Waals surface area contributed by atoms with E-state index in [2.05, 4.69) is 48.4 Å². The molecule has 1 aliphatic rings. The Morgan fingerprint density at radius 3 is 2.29 bits per heavy atom. The van der Waals surface area contributed by atoms with Gasteiger partial charge in [0.05, 0.1) is 11.3 Å². The van der Waals surface area contributed by atoms with Crippen molar-refractivity contribution >= 4 is 28.1 Å². The second kappa shape index (κ2) is 11.8. The molecule has 5 nitrogen and oxygen atoms in total. The monoisotopic (exact) mass is 526 g/mol. The third-order valence-electron chi connectivity index (χ3n) is 7.22. The molecule has 0 unspecified atom stereocenters. The predicted molar refractivity (Wildman–Crippen MR) is 155 cm³/mol. The summed E-state index contributed by atoms with van der Waals surface area (Å²) in [4.78, 5) is 18.2. The number of thiazole rings is 1. The number of ether oxygens (including phenoxy) is 1. The number of nitrogens with zero attached hydrogens (tertiary/aromatic N) is 2. The Morgan fingerprint density at radius 2 is 1.66 bits per heavy atom. The molecule has 1 saturated carbocycles. The zero-order chi connectivity index (χ0) is 26.5. The van der Waals surface area contributed by atoms with Gasteiger partial charge in [-0.1, -0.05) is 43.5 Å².